The molecule has 1 aromatic heterocycles. The van der Waals surface area contributed by atoms with Crippen LogP contribution in [0.15, 0.2) is 36.7 Å². The number of carbonyl (C=O) groups is 1. The molecule has 0 aliphatic heterocycles. The van der Waals surface area contributed by atoms with Gasteiger partial charge in [-0.2, -0.15) is 0 Å². The molecular formula is C17H22N4O2. The Morgan fingerprint density at radius 3 is 2.87 bits per heavy atom. The van der Waals surface area contributed by atoms with E-state index in [9.17, 15) is 4.79 Å². The van der Waals surface area contributed by atoms with Gasteiger partial charge in [-0.05, 0) is 24.6 Å². The standard InChI is InChI=1S/C17H22N4O2/c1-4-5-9-21(2)16-11-15(18-12-19-16)20-14-8-6-7-13(10-14)17(22)23-3/h6-8,10-12H,4-5,9H2,1-3H3,(H,18,19,20). The van der Waals surface area contributed by atoms with Crippen LogP contribution in [0.25, 0.3) is 0 Å². The first kappa shape index (κ1) is 16.7. The summed E-state index contributed by atoms with van der Waals surface area (Å²) in [5.41, 5.74) is 1.26. The molecule has 1 aromatic carbocycles. The van der Waals surface area contributed by atoms with E-state index in [2.05, 4.69) is 27.1 Å². The topological polar surface area (TPSA) is 67.4 Å². The van der Waals surface area contributed by atoms with Crippen LogP contribution < -0.4 is 10.2 Å². The fourth-order valence-electron chi connectivity index (χ4n) is 2.12. The number of anilines is 3. The summed E-state index contributed by atoms with van der Waals surface area (Å²) in [5, 5.41) is 3.19. The first-order valence-corrected chi connectivity index (χ1v) is 7.62. The third-order valence-electron chi connectivity index (χ3n) is 3.45. The Hall–Kier alpha value is -2.63. The maximum Gasteiger partial charge on any atom is 0.337 e. The van der Waals surface area contributed by atoms with E-state index in [1.54, 1.807) is 18.2 Å². The van der Waals surface area contributed by atoms with Gasteiger partial charge in [0.15, 0.2) is 0 Å². The number of ether oxygens (including phenoxy) is 1. The molecule has 0 aliphatic rings. The summed E-state index contributed by atoms with van der Waals surface area (Å²) in [4.78, 5) is 22.2. The lowest BCUT2D eigenvalue weighted by molar-refractivity contribution is 0.0601. The van der Waals surface area contributed by atoms with Crippen molar-refractivity contribution in [3.8, 4) is 0 Å². The Kier molecular flexibility index (Phi) is 5.91. The number of aromatic nitrogens is 2. The Morgan fingerprint density at radius 2 is 2.13 bits per heavy atom. The number of methoxy groups -OCH3 is 1. The molecule has 2 aromatic rings. The number of nitrogens with zero attached hydrogens (tertiary/aromatic N) is 3. The molecule has 0 bridgehead atoms. The zero-order valence-electron chi connectivity index (χ0n) is 13.7. The van der Waals surface area contributed by atoms with Crippen molar-refractivity contribution in [2.45, 2.75) is 19.8 Å². The number of hydrogen-bond donors (Lipinski definition) is 1. The van der Waals surface area contributed by atoms with Crippen LogP contribution >= 0.6 is 0 Å². The SMILES string of the molecule is CCCCN(C)c1cc(Nc2cccc(C(=O)OC)c2)ncn1. The van der Waals surface area contributed by atoms with Crippen molar-refractivity contribution in [2.24, 2.45) is 0 Å². The second-order valence-corrected chi connectivity index (χ2v) is 5.23. The van der Waals surface area contributed by atoms with Crippen LogP contribution in [0.3, 0.4) is 0 Å². The van der Waals surface area contributed by atoms with Crippen LogP contribution in [-0.4, -0.2) is 36.6 Å². The fraction of sp³-hybridized carbons (Fsp3) is 0.353. The van der Waals surface area contributed by atoms with E-state index in [-0.39, 0.29) is 5.97 Å². The molecule has 6 heteroatoms. The van der Waals surface area contributed by atoms with Gasteiger partial charge < -0.3 is 15.0 Å². The average Bonchev–Trinajstić information content (AvgIpc) is 2.59. The van der Waals surface area contributed by atoms with E-state index in [4.69, 9.17) is 4.74 Å². The molecule has 6 nitrogen and oxygen atoms in total. The van der Waals surface area contributed by atoms with Gasteiger partial charge >= 0.3 is 5.97 Å². The minimum Gasteiger partial charge on any atom is -0.465 e. The van der Waals surface area contributed by atoms with Crippen molar-refractivity contribution < 1.29 is 9.53 Å². The Morgan fingerprint density at radius 1 is 1.30 bits per heavy atom. The summed E-state index contributed by atoms with van der Waals surface area (Å²) in [5.74, 6) is 1.18. The minimum atomic E-state index is -0.365. The molecule has 0 fully saturated rings. The van der Waals surface area contributed by atoms with Gasteiger partial charge in [-0.25, -0.2) is 14.8 Å². The van der Waals surface area contributed by atoms with Crippen LogP contribution in [0.2, 0.25) is 0 Å². The summed E-state index contributed by atoms with van der Waals surface area (Å²) in [7, 11) is 3.38. The predicted molar refractivity (Wildman–Crippen MR) is 91.3 cm³/mol. The largest absolute Gasteiger partial charge is 0.465 e. The monoisotopic (exact) mass is 314 g/mol. The van der Waals surface area contributed by atoms with E-state index in [0.717, 1.165) is 30.9 Å². The molecule has 1 heterocycles. The quantitative estimate of drug-likeness (QED) is 0.791. The van der Waals surface area contributed by atoms with E-state index in [1.807, 2.05) is 19.2 Å². The highest BCUT2D eigenvalue weighted by Gasteiger charge is 2.07. The van der Waals surface area contributed by atoms with E-state index >= 15 is 0 Å². The number of benzene rings is 1. The van der Waals surface area contributed by atoms with Gasteiger partial charge in [-0.15, -0.1) is 0 Å². The van der Waals surface area contributed by atoms with Crippen molar-refractivity contribution in [3.63, 3.8) is 0 Å². The Bertz CT molecular complexity index is 661. The van der Waals surface area contributed by atoms with Crippen LogP contribution in [0, 0.1) is 0 Å². The maximum absolute atomic E-state index is 11.6. The van der Waals surface area contributed by atoms with Crippen LogP contribution in [0.5, 0.6) is 0 Å². The molecule has 0 atom stereocenters. The minimum absolute atomic E-state index is 0.365. The second-order valence-electron chi connectivity index (χ2n) is 5.23. The van der Waals surface area contributed by atoms with Crippen molar-refractivity contribution in [1.29, 1.82) is 0 Å². The first-order chi connectivity index (χ1) is 11.1. The number of hydrogen-bond acceptors (Lipinski definition) is 6. The van der Waals surface area contributed by atoms with Crippen LogP contribution in [0.4, 0.5) is 17.3 Å². The van der Waals surface area contributed by atoms with Gasteiger partial charge in [0.2, 0.25) is 0 Å². The molecular weight excluding hydrogens is 292 g/mol. The highest BCUT2D eigenvalue weighted by atomic mass is 16.5. The normalized spacial score (nSPS) is 10.2. The summed E-state index contributed by atoms with van der Waals surface area (Å²) < 4.78 is 4.73. The molecule has 0 saturated carbocycles. The first-order valence-electron chi connectivity index (χ1n) is 7.62. The highest BCUT2D eigenvalue weighted by Crippen LogP contribution is 2.19. The van der Waals surface area contributed by atoms with E-state index in [0.29, 0.717) is 11.4 Å². The third kappa shape index (κ3) is 4.67. The van der Waals surface area contributed by atoms with Gasteiger partial charge in [0.05, 0.1) is 12.7 Å². The lowest BCUT2D eigenvalue weighted by atomic mass is 10.2. The molecule has 122 valence electrons. The predicted octanol–water partition coefficient (Wildman–Crippen LogP) is 3.24. The fourth-order valence-corrected chi connectivity index (χ4v) is 2.12. The van der Waals surface area contributed by atoms with Crippen LogP contribution in [0.1, 0.15) is 30.1 Å². The maximum atomic E-state index is 11.6. The summed E-state index contributed by atoms with van der Waals surface area (Å²) in [6.07, 6.45) is 3.79. The number of nitrogens with one attached hydrogen (secondary N) is 1. The number of esters is 1. The van der Waals surface area contributed by atoms with Gasteiger partial charge in [0, 0.05) is 25.3 Å². The van der Waals surface area contributed by atoms with E-state index < -0.39 is 0 Å². The van der Waals surface area contributed by atoms with Crippen molar-refractivity contribution in [1.82, 2.24) is 9.97 Å². The lowest BCUT2D eigenvalue weighted by Crippen LogP contribution is -2.19. The highest BCUT2D eigenvalue weighted by molar-refractivity contribution is 5.90. The molecule has 23 heavy (non-hydrogen) atoms. The number of unbranched alkanes of at least 4 members (excludes halogenated alkanes) is 1. The van der Waals surface area contributed by atoms with Gasteiger partial charge in [-0.1, -0.05) is 19.4 Å². The molecule has 0 aliphatic carbocycles. The number of rotatable bonds is 7. The lowest BCUT2D eigenvalue weighted by Gasteiger charge is -2.18. The van der Waals surface area contributed by atoms with Crippen molar-refractivity contribution >= 4 is 23.3 Å². The molecule has 0 radical (unpaired) electrons. The molecule has 0 saturated heterocycles. The summed E-state index contributed by atoms with van der Waals surface area (Å²) in [6, 6.07) is 8.99. The molecule has 2 rings (SSSR count). The smallest absolute Gasteiger partial charge is 0.337 e. The van der Waals surface area contributed by atoms with E-state index in [1.165, 1.54) is 13.4 Å². The third-order valence-corrected chi connectivity index (χ3v) is 3.45. The van der Waals surface area contributed by atoms with Crippen molar-refractivity contribution in [3.05, 3.63) is 42.2 Å². The summed E-state index contributed by atoms with van der Waals surface area (Å²) >= 11 is 0. The van der Waals surface area contributed by atoms with Gasteiger partial charge in [0.25, 0.3) is 0 Å². The second kappa shape index (κ2) is 8.12. The van der Waals surface area contributed by atoms with Crippen LogP contribution in [-0.2, 0) is 4.74 Å². The van der Waals surface area contributed by atoms with Gasteiger partial charge in [0.1, 0.15) is 18.0 Å². The average molecular weight is 314 g/mol. The number of carbonyl (C=O) groups excluding carboxylic acids is 1. The zero-order valence-corrected chi connectivity index (χ0v) is 13.7. The van der Waals surface area contributed by atoms with Gasteiger partial charge in [-0.3, -0.25) is 0 Å². The molecule has 0 amide bonds. The summed E-state index contributed by atoms with van der Waals surface area (Å²) in [6.45, 7) is 3.11. The molecule has 1 N–H and O–H groups in total. The van der Waals surface area contributed by atoms with Crippen molar-refractivity contribution in [2.75, 3.05) is 30.9 Å². The molecule has 0 unspecified atom stereocenters. The Labute approximate surface area is 136 Å². The zero-order chi connectivity index (χ0) is 16.7. The molecule has 0 spiro atoms. The Balaban J connectivity index is 2.13.